The molecule has 0 amide bonds. The highest BCUT2D eigenvalue weighted by atomic mass is 16.3. The Hall–Kier alpha value is -6.20. The molecule has 5 heteroatoms. The quantitative estimate of drug-likeness (QED) is 0.211. The van der Waals surface area contributed by atoms with Gasteiger partial charge in [-0.05, 0) is 67.7 Å². The first-order valence-corrected chi connectivity index (χ1v) is 14.9. The lowest BCUT2D eigenvalue weighted by Gasteiger charge is -2.17. The first-order chi connectivity index (χ1) is 22.2. The molecule has 0 aliphatic rings. The Morgan fingerprint density at radius 2 is 0.911 bits per heavy atom. The number of phenols is 1. The van der Waals surface area contributed by atoms with Gasteiger partial charge in [0.1, 0.15) is 11.3 Å². The zero-order valence-corrected chi connectivity index (χ0v) is 24.0. The molecule has 45 heavy (non-hydrogen) atoms. The second-order valence-electron chi connectivity index (χ2n) is 11.2. The second-order valence-corrected chi connectivity index (χ2v) is 11.2. The molecule has 9 rings (SSSR count). The summed E-state index contributed by atoms with van der Waals surface area (Å²) in [4.78, 5) is 19.4. The van der Waals surface area contributed by atoms with E-state index in [-0.39, 0.29) is 5.75 Å². The molecule has 2 aromatic heterocycles. The number of phenolic OH excluding ortho intramolecular Hbond substituents is 1. The molecule has 0 spiro atoms. The first kappa shape index (κ1) is 25.3. The monoisotopic (exact) mass is 576 g/mol. The van der Waals surface area contributed by atoms with Gasteiger partial charge in [0.2, 0.25) is 0 Å². The standard InChI is InChI=1S/C40H24N4O/c45-34-22-21-29(32-12-7-23-41-37(32)34)28-17-13-24-15-19-31-33(20-16-25-14-18-30(28)35(24)36(25)31)40-43-38(26-8-3-1-4-9-26)42-39(44-40)27-10-5-2-6-11-27/h1-23,45H. The van der Waals surface area contributed by atoms with Crippen molar-refractivity contribution in [3.8, 4) is 51.0 Å². The molecular weight excluding hydrogens is 552 g/mol. The lowest BCUT2D eigenvalue weighted by molar-refractivity contribution is 0.480. The molecule has 0 bridgehead atoms. The second kappa shape index (κ2) is 9.93. The summed E-state index contributed by atoms with van der Waals surface area (Å²) >= 11 is 0. The molecule has 0 atom stereocenters. The summed E-state index contributed by atoms with van der Waals surface area (Å²) in [5, 5.41) is 18.4. The van der Waals surface area contributed by atoms with Crippen LogP contribution in [0.1, 0.15) is 0 Å². The van der Waals surface area contributed by atoms with Crippen LogP contribution in [0, 0.1) is 0 Å². The van der Waals surface area contributed by atoms with Crippen LogP contribution in [0.4, 0.5) is 0 Å². The molecule has 0 aliphatic carbocycles. The number of benzene rings is 7. The van der Waals surface area contributed by atoms with Crippen molar-refractivity contribution in [2.24, 2.45) is 0 Å². The predicted molar refractivity (Wildman–Crippen MR) is 182 cm³/mol. The molecule has 0 aliphatic heterocycles. The lowest BCUT2D eigenvalue weighted by atomic mass is 9.87. The summed E-state index contributed by atoms with van der Waals surface area (Å²) in [5.74, 6) is 2.09. The number of fused-ring (bicyclic) bond motifs is 1. The number of nitrogens with zero attached hydrogens (tertiary/aromatic N) is 4. The fourth-order valence-corrected chi connectivity index (χ4v) is 6.55. The maximum absolute atomic E-state index is 10.5. The summed E-state index contributed by atoms with van der Waals surface area (Å²) in [6, 6.07) is 45.2. The summed E-state index contributed by atoms with van der Waals surface area (Å²) in [7, 11) is 0. The van der Waals surface area contributed by atoms with Crippen LogP contribution in [0.15, 0.2) is 140 Å². The third-order valence-electron chi connectivity index (χ3n) is 8.64. The number of aromatic hydroxyl groups is 1. The zero-order valence-electron chi connectivity index (χ0n) is 24.0. The van der Waals surface area contributed by atoms with Crippen LogP contribution in [0.25, 0.3) is 88.5 Å². The van der Waals surface area contributed by atoms with Gasteiger partial charge in [-0.15, -0.1) is 0 Å². The maximum atomic E-state index is 10.5. The molecule has 5 nitrogen and oxygen atoms in total. The van der Waals surface area contributed by atoms with Crippen molar-refractivity contribution in [2.45, 2.75) is 0 Å². The predicted octanol–water partition coefficient (Wildman–Crippen LogP) is 9.69. The minimum atomic E-state index is 0.179. The minimum Gasteiger partial charge on any atom is -0.506 e. The van der Waals surface area contributed by atoms with Gasteiger partial charge < -0.3 is 5.11 Å². The van der Waals surface area contributed by atoms with E-state index in [1.165, 1.54) is 10.8 Å². The average molecular weight is 577 g/mol. The Labute approximate surface area is 258 Å². The van der Waals surface area contributed by atoms with Gasteiger partial charge in [-0.25, -0.2) is 15.0 Å². The lowest BCUT2D eigenvalue weighted by Crippen LogP contribution is -2.00. The largest absolute Gasteiger partial charge is 0.506 e. The van der Waals surface area contributed by atoms with Gasteiger partial charge >= 0.3 is 0 Å². The summed E-state index contributed by atoms with van der Waals surface area (Å²) < 4.78 is 0. The van der Waals surface area contributed by atoms with Gasteiger partial charge in [0, 0.05) is 28.3 Å². The van der Waals surface area contributed by atoms with E-state index in [0.717, 1.165) is 54.7 Å². The van der Waals surface area contributed by atoms with Crippen LogP contribution < -0.4 is 0 Å². The third-order valence-corrected chi connectivity index (χ3v) is 8.64. The van der Waals surface area contributed by atoms with Crippen molar-refractivity contribution in [1.82, 2.24) is 19.9 Å². The molecular formula is C40H24N4O. The average Bonchev–Trinajstić information content (AvgIpc) is 3.11. The molecule has 9 aromatic rings. The van der Waals surface area contributed by atoms with E-state index in [1.807, 2.05) is 78.9 Å². The summed E-state index contributed by atoms with van der Waals surface area (Å²) in [5.41, 5.74) is 5.57. The normalized spacial score (nSPS) is 11.6. The Balaban J connectivity index is 1.32. The first-order valence-electron chi connectivity index (χ1n) is 14.9. The Kier molecular flexibility index (Phi) is 5.59. The van der Waals surface area contributed by atoms with E-state index >= 15 is 0 Å². The van der Waals surface area contributed by atoms with Crippen molar-refractivity contribution < 1.29 is 5.11 Å². The van der Waals surface area contributed by atoms with Crippen molar-refractivity contribution in [1.29, 1.82) is 0 Å². The fraction of sp³-hybridized carbons (Fsp3) is 0. The number of rotatable bonds is 4. The number of pyridine rings is 1. The van der Waals surface area contributed by atoms with E-state index in [0.29, 0.717) is 23.0 Å². The zero-order chi connectivity index (χ0) is 29.9. The van der Waals surface area contributed by atoms with Crippen molar-refractivity contribution in [2.75, 3.05) is 0 Å². The molecule has 2 heterocycles. The summed E-state index contributed by atoms with van der Waals surface area (Å²) in [6.07, 6.45) is 1.71. The van der Waals surface area contributed by atoms with Gasteiger partial charge in [0.25, 0.3) is 0 Å². The minimum absolute atomic E-state index is 0.179. The van der Waals surface area contributed by atoms with E-state index in [4.69, 9.17) is 15.0 Å². The van der Waals surface area contributed by atoms with Gasteiger partial charge in [-0.2, -0.15) is 0 Å². The van der Waals surface area contributed by atoms with E-state index in [9.17, 15) is 5.11 Å². The number of hydrogen-bond acceptors (Lipinski definition) is 5. The highest BCUT2D eigenvalue weighted by molar-refractivity contribution is 6.28. The molecule has 0 fully saturated rings. The van der Waals surface area contributed by atoms with E-state index < -0.39 is 0 Å². The molecule has 0 radical (unpaired) electrons. The van der Waals surface area contributed by atoms with Crippen molar-refractivity contribution in [3.63, 3.8) is 0 Å². The molecule has 7 aromatic carbocycles. The topological polar surface area (TPSA) is 71.8 Å². The van der Waals surface area contributed by atoms with Crippen molar-refractivity contribution >= 4 is 43.2 Å². The number of aromatic nitrogens is 4. The Morgan fingerprint density at radius 1 is 0.400 bits per heavy atom. The van der Waals surface area contributed by atoms with Crippen LogP contribution in [0.3, 0.4) is 0 Å². The molecule has 0 saturated carbocycles. The Bertz CT molecular complexity index is 2490. The van der Waals surface area contributed by atoms with E-state index in [1.54, 1.807) is 12.3 Å². The smallest absolute Gasteiger partial charge is 0.164 e. The maximum Gasteiger partial charge on any atom is 0.164 e. The van der Waals surface area contributed by atoms with Gasteiger partial charge in [-0.3, -0.25) is 4.98 Å². The molecule has 1 N–H and O–H groups in total. The Morgan fingerprint density at radius 3 is 1.56 bits per heavy atom. The third kappa shape index (κ3) is 4.02. The van der Waals surface area contributed by atoms with Crippen LogP contribution in [0.5, 0.6) is 5.75 Å². The van der Waals surface area contributed by atoms with Crippen LogP contribution in [0.2, 0.25) is 0 Å². The van der Waals surface area contributed by atoms with Crippen LogP contribution in [-0.4, -0.2) is 25.0 Å². The summed E-state index contributed by atoms with van der Waals surface area (Å²) in [6.45, 7) is 0. The van der Waals surface area contributed by atoms with E-state index in [2.05, 4.69) is 53.5 Å². The highest BCUT2D eigenvalue weighted by Gasteiger charge is 2.19. The molecule has 210 valence electrons. The SMILES string of the molecule is Oc1ccc(-c2ccc3ccc4c(-c5nc(-c6ccccc6)nc(-c6ccccc6)n5)ccc5ccc2c3c54)c2cccnc12. The van der Waals surface area contributed by atoms with Crippen LogP contribution >= 0.6 is 0 Å². The van der Waals surface area contributed by atoms with Crippen LogP contribution in [-0.2, 0) is 0 Å². The highest BCUT2D eigenvalue weighted by Crippen LogP contribution is 2.43. The van der Waals surface area contributed by atoms with Crippen molar-refractivity contribution in [3.05, 3.63) is 140 Å². The molecule has 0 saturated heterocycles. The van der Waals surface area contributed by atoms with Gasteiger partial charge in [0.05, 0.1) is 0 Å². The molecule has 0 unspecified atom stereocenters. The number of hydrogen-bond donors (Lipinski definition) is 1. The van der Waals surface area contributed by atoms with Gasteiger partial charge in [-0.1, -0.05) is 109 Å². The fourth-order valence-electron chi connectivity index (χ4n) is 6.55. The van der Waals surface area contributed by atoms with Gasteiger partial charge in [0.15, 0.2) is 17.5 Å².